The van der Waals surface area contributed by atoms with Crippen LogP contribution in [0.1, 0.15) is 23.0 Å². The summed E-state index contributed by atoms with van der Waals surface area (Å²) in [6, 6.07) is 10.9. The van der Waals surface area contributed by atoms with Crippen molar-refractivity contribution in [3.63, 3.8) is 0 Å². The van der Waals surface area contributed by atoms with Crippen LogP contribution >= 0.6 is 45.2 Å². The van der Waals surface area contributed by atoms with E-state index >= 15 is 0 Å². The van der Waals surface area contributed by atoms with Crippen LogP contribution in [-0.2, 0) is 0 Å². The van der Waals surface area contributed by atoms with Crippen molar-refractivity contribution >= 4 is 68.3 Å². The number of carbonyl (C=O) groups is 1. The topological polar surface area (TPSA) is 73.1 Å². The molecule has 1 heterocycles. The summed E-state index contributed by atoms with van der Waals surface area (Å²) in [7, 11) is 1.64. The lowest BCUT2D eigenvalue weighted by Gasteiger charge is -2.06. The van der Waals surface area contributed by atoms with Gasteiger partial charge in [-0.05, 0) is 94.1 Å². The van der Waals surface area contributed by atoms with E-state index in [4.69, 9.17) is 13.9 Å². The molecule has 1 amide bonds. The second-order valence-corrected chi connectivity index (χ2v) is 7.78. The average Bonchev–Trinajstić information content (AvgIpc) is 3.05. The first-order valence-electron chi connectivity index (χ1n) is 8.04. The summed E-state index contributed by atoms with van der Waals surface area (Å²) in [5, 5.41) is 4.82. The first kappa shape index (κ1) is 19.9. The molecule has 2 aromatic carbocycles. The normalized spacial score (nSPS) is 11.1. The van der Waals surface area contributed by atoms with Gasteiger partial charge in [0, 0.05) is 5.39 Å². The van der Waals surface area contributed by atoms with Gasteiger partial charge in [0.1, 0.15) is 17.1 Å². The quantitative estimate of drug-likeness (QED) is 0.254. The number of methoxy groups -OCH3 is 1. The van der Waals surface area contributed by atoms with Gasteiger partial charge in [-0.2, -0.15) is 5.10 Å². The molecule has 0 spiro atoms. The van der Waals surface area contributed by atoms with Gasteiger partial charge in [0.25, 0.3) is 0 Å². The van der Waals surface area contributed by atoms with Gasteiger partial charge in [-0.25, -0.2) is 5.43 Å². The minimum atomic E-state index is -0.418. The summed E-state index contributed by atoms with van der Waals surface area (Å²) < 4.78 is 18.3. The van der Waals surface area contributed by atoms with E-state index < -0.39 is 5.91 Å². The number of benzene rings is 2. The summed E-state index contributed by atoms with van der Waals surface area (Å²) in [5.74, 6) is 1.33. The van der Waals surface area contributed by atoms with Gasteiger partial charge in [0.2, 0.25) is 0 Å². The molecule has 8 heteroatoms. The standard InChI is InChI=1S/C19H16I2N2O4/c1-3-26-13-4-5-16-12(8-13)9-17(27-16)19(24)23-22-10-11-6-14(20)18(25-2)15(21)7-11/h4-10H,3H2,1-2H3,(H,23,24)/b22-10+. The third-order valence-corrected chi connectivity index (χ3v) is 5.23. The molecule has 3 aromatic rings. The minimum Gasteiger partial charge on any atom is -0.495 e. The summed E-state index contributed by atoms with van der Waals surface area (Å²) in [6.07, 6.45) is 1.58. The molecule has 0 aliphatic carbocycles. The first-order chi connectivity index (χ1) is 13.0. The fourth-order valence-electron chi connectivity index (χ4n) is 2.46. The van der Waals surface area contributed by atoms with Crippen molar-refractivity contribution in [3.8, 4) is 11.5 Å². The second kappa shape index (κ2) is 8.91. The number of rotatable bonds is 6. The van der Waals surface area contributed by atoms with E-state index in [0.29, 0.717) is 12.2 Å². The molecule has 0 bridgehead atoms. The largest absolute Gasteiger partial charge is 0.495 e. The fourth-order valence-corrected chi connectivity index (χ4v) is 4.72. The molecule has 6 nitrogen and oxygen atoms in total. The highest BCUT2D eigenvalue weighted by Gasteiger charge is 2.12. The van der Waals surface area contributed by atoms with Gasteiger partial charge >= 0.3 is 5.91 Å². The number of ether oxygens (including phenoxy) is 2. The number of fused-ring (bicyclic) bond motifs is 1. The summed E-state index contributed by atoms with van der Waals surface area (Å²) in [5.41, 5.74) is 3.96. The second-order valence-electron chi connectivity index (χ2n) is 5.46. The Labute approximate surface area is 183 Å². The molecule has 0 fully saturated rings. The maximum atomic E-state index is 12.3. The molecule has 0 atom stereocenters. The zero-order chi connectivity index (χ0) is 19.4. The van der Waals surface area contributed by atoms with Gasteiger partial charge < -0.3 is 13.9 Å². The molecule has 1 aromatic heterocycles. The third-order valence-electron chi connectivity index (χ3n) is 3.63. The van der Waals surface area contributed by atoms with E-state index in [9.17, 15) is 4.79 Å². The fraction of sp³-hybridized carbons (Fsp3) is 0.158. The maximum absolute atomic E-state index is 12.3. The molecular weight excluding hydrogens is 574 g/mol. The number of nitrogens with one attached hydrogen (secondary N) is 1. The van der Waals surface area contributed by atoms with Crippen molar-refractivity contribution in [2.75, 3.05) is 13.7 Å². The molecular formula is C19H16I2N2O4. The smallest absolute Gasteiger partial charge is 0.307 e. The molecule has 0 unspecified atom stereocenters. The third kappa shape index (κ3) is 4.72. The van der Waals surface area contributed by atoms with E-state index in [2.05, 4.69) is 55.7 Å². The molecule has 0 radical (unpaired) electrons. The average molecular weight is 590 g/mol. The summed E-state index contributed by atoms with van der Waals surface area (Å²) >= 11 is 4.40. The Bertz CT molecular complexity index is 991. The van der Waals surface area contributed by atoms with Gasteiger partial charge in [-0.15, -0.1) is 0 Å². The molecule has 140 valence electrons. The highest BCUT2D eigenvalue weighted by atomic mass is 127. The molecule has 27 heavy (non-hydrogen) atoms. The molecule has 0 aliphatic heterocycles. The SMILES string of the molecule is CCOc1ccc2oc(C(=O)N/N=C/c3cc(I)c(OC)c(I)c3)cc2c1. The summed E-state index contributed by atoms with van der Waals surface area (Å²) in [6.45, 7) is 2.50. The van der Waals surface area contributed by atoms with Crippen LogP contribution in [0.25, 0.3) is 11.0 Å². The van der Waals surface area contributed by atoms with Crippen LogP contribution in [-0.4, -0.2) is 25.8 Å². The van der Waals surface area contributed by atoms with Gasteiger partial charge in [-0.3, -0.25) is 4.79 Å². The minimum absolute atomic E-state index is 0.190. The lowest BCUT2D eigenvalue weighted by Crippen LogP contribution is -2.16. The van der Waals surface area contributed by atoms with Crippen LogP contribution < -0.4 is 14.9 Å². The van der Waals surface area contributed by atoms with Crippen LogP contribution in [0.2, 0.25) is 0 Å². The van der Waals surface area contributed by atoms with Crippen molar-refractivity contribution in [1.82, 2.24) is 5.43 Å². The van der Waals surface area contributed by atoms with E-state index in [0.717, 1.165) is 29.6 Å². The number of hydrogen-bond donors (Lipinski definition) is 1. The van der Waals surface area contributed by atoms with Crippen LogP contribution in [0, 0.1) is 7.14 Å². The number of hydrogen-bond acceptors (Lipinski definition) is 5. The van der Waals surface area contributed by atoms with Crippen molar-refractivity contribution in [2.24, 2.45) is 5.10 Å². The van der Waals surface area contributed by atoms with Gasteiger partial charge in [0.15, 0.2) is 5.76 Å². The summed E-state index contributed by atoms with van der Waals surface area (Å²) in [4.78, 5) is 12.3. The van der Waals surface area contributed by atoms with Crippen LogP contribution in [0.4, 0.5) is 0 Å². The predicted octanol–water partition coefficient (Wildman–Crippen LogP) is 4.81. The zero-order valence-electron chi connectivity index (χ0n) is 14.6. The Balaban J connectivity index is 1.72. The van der Waals surface area contributed by atoms with E-state index in [1.54, 1.807) is 25.5 Å². The molecule has 3 rings (SSSR count). The Kier molecular flexibility index (Phi) is 6.58. The highest BCUT2D eigenvalue weighted by molar-refractivity contribution is 14.1. The first-order valence-corrected chi connectivity index (χ1v) is 10.2. The van der Waals surface area contributed by atoms with Gasteiger partial charge in [-0.1, -0.05) is 0 Å². The maximum Gasteiger partial charge on any atom is 0.307 e. The molecule has 0 saturated heterocycles. The molecule has 0 saturated carbocycles. The zero-order valence-corrected chi connectivity index (χ0v) is 18.9. The van der Waals surface area contributed by atoms with E-state index in [1.165, 1.54) is 0 Å². The predicted molar refractivity (Wildman–Crippen MR) is 121 cm³/mol. The molecule has 0 aliphatic rings. The van der Waals surface area contributed by atoms with E-state index in [-0.39, 0.29) is 5.76 Å². The van der Waals surface area contributed by atoms with Crippen LogP contribution in [0.5, 0.6) is 11.5 Å². The number of furan rings is 1. The number of hydrazone groups is 1. The number of halogens is 2. The van der Waals surface area contributed by atoms with Crippen molar-refractivity contribution in [1.29, 1.82) is 0 Å². The van der Waals surface area contributed by atoms with E-state index in [1.807, 2.05) is 31.2 Å². The lowest BCUT2D eigenvalue weighted by molar-refractivity contribution is 0.0929. The number of amides is 1. The highest BCUT2D eigenvalue weighted by Crippen LogP contribution is 2.28. The number of nitrogens with zero attached hydrogens (tertiary/aromatic N) is 1. The Hall–Kier alpha value is -1.82. The van der Waals surface area contributed by atoms with Crippen molar-refractivity contribution in [3.05, 3.63) is 54.9 Å². The van der Waals surface area contributed by atoms with Crippen molar-refractivity contribution < 1.29 is 18.7 Å². The van der Waals surface area contributed by atoms with Crippen LogP contribution in [0.3, 0.4) is 0 Å². The Morgan fingerprint density at radius 1 is 1.22 bits per heavy atom. The lowest BCUT2D eigenvalue weighted by atomic mass is 10.2. The van der Waals surface area contributed by atoms with Gasteiger partial charge in [0.05, 0.1) is 27.1 Å². The monoisotopic (exact) mass is 590 g/mol. The Morgan fingerprint density at radius 2 is 1.96 bits per heavy atom. The van der Waals surface area contributed by atoms with Crippen LogP contribution in [0.15, 0.2) is 45.9 Å². The molecule has 1 N–H and O–H groups in total. The number of carbonyl (C=O) groups excluding carboxylic acids is 1. The van der Waals surface area contributed by atoms with Crippen molar-refractivity contribution in [2.45, 2.75) is 6.92 Å². The Morgan fingerprint density at radius 3 is 2.63 bits per heavy atom.